The fourth-order valence-electron chi connectivity index (χ4n) is 7.81. The van der Waals surface area contributed by atoms with Crippen molar-refractivity contribution in [3.05, 3.63) is 116 Å². The number of halogens is 7. The zero-order valence-electron chi connectivity index (χ0n) is 32.7. The zero-order chi connectivity index (χ0) is 44.6. The number of nitrogens with one attached hydrogen (secondary N) is 2. The number of amides is 1. The number of hydrogen-bond donors (Lipinski definition) is 2. The Morgan fingerprint density at radius 1 is 1.00 bits per heavy atom. The van der Waals surface area contributed by atoms with Gasteiger partial charge in [-0.25, -0.2) is 35.9 Å². The van der Waals surface area contributed by atoms with Crippen molar-refractivity contribution in [1.82, 2.24) is 49.4 Å². The third-order valence-electron chi connectivity index (χ3n) is 10.6. The van der Waals surface area contributed by atoms with E-state index in [1.807, 2.05) is 0 Å². The molecule has 3 atom stereocenters. The summed E-state index contributed by atoms with van der Waals surface area (Å²) in [6.45, 7) is 1.53. The molecule has 0 spiro atoms. The number of benzene rings is 2. The second-order valence-electron chi connectivity index (χ2n) is 14.8. The van der Waals surface area contributed by atoms with Crippen molar-refractivity contribution in [3.8, 4) is 17.1 Å². The SMILES string of the molecule is C[C@@H]1c2c(C(F)F)nn(CC(=O)N[C@@H](Cc3cc(F)cc(F)c3)c3nc4nc(-c5cnccn5)ccc4c(=O)n3-c3ccc(Cl)c4c(NS(C)(=O)=O)nn(C)c34)c2C(F)(F)[C@@H]1C. The fourth-order valence-corrected chi connectivity index (χ4v) is 8.54. The number of aromatic nitrogens is 9. The molecule has 62 heavy (non-hydrogen) atoms. The van der Waals surface area contributed by atoms with E-state index in [0.29, 0.717) is 10.7 Å². The summed E-state index contributed by atoms with van der Waals surface area (Å²) in [5.41, 5.74) is -2.64. The van der Waals surface area contributed by atoms with Crippen LogP contribution < -0.4 is 15.6 Å². The number of nitrogens with zero attached hydrogens (tertiary/aromatic N) is 9. The third-order valence-corrected chi connectivity index (χ3v) is 11.5. The Morgan fingerprint density at radius 3 is 2.39 bits per heavy atom. The second kappa shape index (κ2) is 15.5. The van der Waals surface area contributed by atoms with Gasteiger partial charge >= 0.3 is 0 Å². The first-order valence-electron chi connectivity index (χ1n) is 18.6. The molecule has 0 bridgehead atoms. The lowest BCUT2D eigenvalue weighted by Gasteiger charge is -2.24. The van der Waals surface area contributed by atoms with Gasteiger partial charge in [0.1, 0.15) is 41.1 Å². The van der Waals surface area contributed by atoms with E-state index < -0.39 is 87.7 Å². The summed E-state index contributed by atoms with van der Waals surface area (Å²) in [6.07, 6.45) is 1.38. The Hall–Kier alpha value is -6.42. The summed E-state index contributed by atoms with van der Waals surface area (Å²) in [5.74, 6) is -9.74. The van der Waals surface area contributed by atoms with Gasteiger partial charge in [0.2, 0.25) is 15.9 Å². The maximum atomic E-state index is 15.7. The van der Waals surface area contributed by atoms with Crippen LogP contribution in [0, 0.1) is 17.6 Å². The molecule has 7 aromatic rings. The number of sulfonamides is 1. The van der Waals surface area contributed by atoms with Gasteiger partial charge in [-0.15, -0.1) is 0 Å². The lowest BCUT2D eigenvalue weighted by molar-refractivity contribution is -0.123. The van der Waals surface area contributed by atoms with Gasteiger partial charge in [0, 0.05) is 43.4 Å². The van der Waals surface area contributed by atoms with Crippen molar-refractivity contribution in [3.63, 3.8) is 0 Å². The molecule has 23 heteroatoms. The van der Waals surface area contributed by atoms with E-state index in [-0.39, 0.29) is 66.8 Å². The van der Waals surface area contributed by atoms with Crippen molar-refractivity contribution >= 4 is 55.3 Å². The average Bonchev–Trinajstić information content (AvgIpc) is 3.79. The molecule has 8 rings (SSSR count). The number of carbonyl (C=O) groups excluding carboxylic acids is 1. The number of fused-ring (bicyclic) bond motifs is 3. The van der Waals surface area contributed by atoms with Gasteiger partial charge in [0.05, 0.1) is 51.2 Å². The molecule has 15 nitrogen and oxygen atoms in total. The summed E-state index contributed by atoms with van der Waals surface area (Å²) in [7, 11) is -2.49. The van der Waals surface area contributed by atoms with Crippen molar-refractivity contribution in [2.75, 3.05) is 11.0 Å². The smallest absolute Gasteiger partial charge is 0.292 e. The molecule has 0 fully saturated rings. The Labute approximate surface area is 351 Å². The number of rotatable bonds is 11. The van der Waals surface area contributed by atoms with E-state index in [1.54, 1.807) is 0 Å². The van der Waals surface area contributed by atoms with E-state index in [0.717, 1.165) is 23.0 Å². The molecule has 0 aliphatic heterocycles. The van der Waals surface area contributed by atoms with Gasteiger partial charge in [-0.05, 0) is 47.9 Å². The number of hydrogen-bond acceptors (Lipinski definition) is 10. The summed E-state index contributed by atoms with van der Waals surface area (Å²) >= 11 is 6.61. The highest BCUT2D eigenvalue weighted by molar-refractivity contribution is 7.92. The molecule has 2 N–H and O–H groups in total. The van der Waals surface area contributed by atoms with Gasteiger partial charge in [-0.1, -0.05) is 25.4 Å². The zero-order valence-corrected chi connectivity index (χ0v) is 34.3. The van der Waals surface area contributed by atoms with Gasteiger partial charge in [-0.3, -0.25) is 38.2 Å². The van der Waals surface area contributed by atoms with Crippen LogP contribution in [0.2, 0.25) is 5.02 Å². The lowest BCUT2D eigenvalue weighted by atomic mass is 9.94. The van der Waals surface area contributed by atoms with Crippen molar-refractivity contribution in [2.45, 2.75) is 51.1 Å². The van der Waals surface area contributed by atoms with Gasteiger partial charge in [0.15, 0.2) is 11.5 Å². The number of aryl methyl sites for hydroxylation is 1. The molecular weight excluding hydrogens is 868 g/mol. The molecule has 2 aromatic carbocycles. The van der Waals surface area contributed by atoms with Crippen LogP contribution in [-0.4, -0.2) is 64.6 Å². The van der Waals surface area contributed by atoms with Crippen molar-refractivity contribution in [2.24, 2.45) is 13.0 Å². The van der Waals surface area contributed by atoms with E-state index in [1.165, 1.54) is 68.4 Å². The van der Waals surface area contributed by atoms with Gasteiger partial charge < -0.3 is 5.32 Å². The largest absolute Gasteiger partial charge is 0.344 e. The molecule has 0 radical (unpaired) electrons. The van der Waals surface area contributed by atoms with Crippen LogP contribution >= 0.6 is 11.6 Å². The minimum absolute atomic E-state index is 0.0112. The highest BCUT2D eigenvalue weighted by Gasteiger charge is 2.55. The van der Waals surface area contributed by atoms with E-state index in [4.69, 9.17) is 16.6 Å². The summed E-state index contributed by atoms with van der Waals surface area (Å²) in [5, 5.41) is 10.6. The molecule has 1 amide bonds. The summed E-state index contributed by atoms with van der Waals surface area (Å²) in [6, 6.07) is 6.57. The first-order chi connectivity index (χ1) is 29.2. The Kier molecular flexibility index (Phi) is 10.6. The lowest BCUT2D eigenvalue weighted by Crippen LogP contribution is -2.38. The second-order valence-corrected chi connectivity index (χ2v) is 17.0. The number of pyridine rings is 1. The minimum atomic E-state index is -3.92. The minimum Gasteiger partial charge on any atom is -0.344 e. The highest BCUT2D eigenvalue weighted by atomic mass is 35.5. The van der Waals surface area contributed by atoms with E-state index >= 15 is 8.78 Å². The average molecular weight is 900 g/mol. The van der Waals surface area contributed by atoms with Crippen LogP contribution in [0.15, 0.2) is 65.8 Å². The molecule has 0 saturated carbocycles. The van der Waals surface area contributed by atoms with Crippen molar-refractivity contribution in [1.29, 1.82) is 0 Å². The standard InChI is InChI=1S/C39H32ClF6N11O4S/c1-17-18(2)39(45,46)33-29(17)31(34(43)44)52-56(33)16-28(58)49-25(13-19-11-20(41)14-21(42)12-19)37-51-35-22(5-7-24(50-35)26-15-47-9-10-48-26)38(59)57(37)27-8-6-23(40)30-32(27)55(3)53-36(30)54-62(4,60)61/h5-12,14-15,17-18,25,34H,13,16H2,1-4H3,(H,49,58)(H,53,54)/t17-,18+,25-/m0/s1. The van der Waals surface area contributed by atoms with Crippen LogP contribution in [0.5, 0.6) is 0 Å². The maximum absolute atomic E-state index is 15.7. The Balaban J connectivity index is 1.36. The van der Waals surface area contributed by atoms with Crippen molar-refractivity contribution < 1.29 is 39.6 Å². The predicted octanol–water partition coefficient (Wildman–Crippen LogP) is 6.51. The van der Waals surface area contributed by atoms with Crippen LogP contribution in [-0.2, 0) is 40.8 Å². The molecule has 322 valence electrons. The molecule has 5 aromatic heterocycles. The summed E-state index contributed by atoms with van der Waals surface area (Å²) < 4.78 is 119. The molecule has 1 aliphatic rings. The Morgan fingerprint density at radius 2 is 1.73 bits per heavy atom. The van der Waals surface area contributed by atoms with Crippen LogP contribution in [0.25, 0.3) is 39.0 Å². The highest BCUT2D eigenvalue weighted by Crippen LogP contribution is 2.54. The van der Waals surface area contributed by atoms with Gasteiger partial charge in [-0.2, -0.15) is 19.0 Å². The summed E-state index contributed by atoms with van der Waals surface area (Å²) in [4.78, 5) is 46.7. The number of carbonyl (C=O) groups is 1. The van der Waals surface area contributed by atoms with Crippen LogP contribution in [0.4, 0.5) is 32.2 Å². The molecule has 0 saturated heterocycles. The first-order valence-corrected chi connectivity index (χ1v) is 20.8. The monoisotopic (exact) mass is 899 g/mol. The normalized spacial score (nSPS) is 16.6. The molecular formula is C39H32ClF6N11O4S. The fraction of sp³-hybridized carbons (Fsp3) is 0.282. The topological polar surface area (TPSA) is 184 Å². The third kappa shape index (κ3) is 7.50. The quantitative estimate of drug-likeness (QED) is 0.136. The van der Waals surface area contributed by atoms with Crippen LogP contribution in [0.1, 0.15) is 60.6 Å². The Bertz CT molecular complexity index is 3110. The molecule has 1 aliphatic carbocycles. The predicted molar refractivity (Wildman–Crippen MR) is 214 cm³/mol. The van der Waals surface area contributed by atoms with Gasteiger partial charge in [0.25, 0.3) is 17.9 Å². The number of anilines is 1. The maximum Gasteiger partial charge on any atom is 0.292 e. The van der Waals surface area contributed by atoms with Crippen LogP contribution in [0.3, 0.4) is 0 Å². The molecule has 0 unspecified atom stereocenters. The first kappa shape index (κ1) is 42.3. The molecule has 5 heterocycles. The number of alkyl halides is 4. The van der Waals surface area contributed by atoms with E-state index in [2.05, 4.69) is 35.2 Å². The van der Waals surface area contributed by atoms with E-state index in [9.17, 15) is 35.6 Å².